The zero-order valence-corrected chi connectivity index (χ0v) is 16.7. The Morgan fingerprint density at radius 1 is 1.17 bits per heavy atom. The van der Waals surface area contributed by atoms with Crippen LogP contribution in [0.15, 0.2) is 36.4 Å². The fraction of sp³-hybridized carbons (Fsp3) is 0.300. The monoisotopic (exact) mass is 420 g/mol. The highest BCUT2D eigenvalue weighted by Crippen LogP contribution is 2.28. The molecule has 0 fully saturated rings. The van der Waals surface area contributed by atoms with Crippen LogP contribution in [0.25, 0.3) is 0 Å². The first-order valence-corrected chi connectivity index (χ1v) is 8.91. The van der Waals surface area contributed by atoms with Gasteiger partial charge in [0.25, 0.3) is 5.91 Å². The SMILES string of the molecule is CCOc1ccc(C(=O)OCC(=O)N(C)Cc2ccc(OC)c(F)c2)cc1[N+](=O)[O-]. The lowest BCUT2D eigenvalue weighted by Gasteiger charge is -2.17. The Morgan fingerprint density at radius 3 is 2.47 bits per heavy atom. The molecule has 10 heteroatoms. The largest absolute Gasteiger partial charge is 0.494 e. The molecule has 0 bridgehead atoms. The third-order valence-electron chi connectivity index (χ3n) is 4.08. The number of benzene rings is 2. The van der Waals surface area contributed by atoms with E-state index < -0.39 is 29.2 Å². The minimum absolute atomic E-state index is 0.0292. The van der Waals surface area contributed by atoms with Crippen molar-refractivity contribution in [2.45, 2.75) is 13.5 Å². The second kappa shape index (κ2) is 10.2. The van der Waals surface area contributed by atoms with Gasteiger partial charge in [-0.05, 0) is 36.8 Å². The maximum Gasteiger partial charge on any atom is 0.338 e. The van der Waals surface area contributed by atoms with E-state index in [0.717, 1.165) is 6.07 Å². The number of rotatable bonds is 9. The fourth-order valence-corrected chi connectivity index (χ4v) is 2.56. The summed E-state index contributed by atoms with van der Waals surface area (Å²) in [6.45, 7) is 1.42. The molecule has 0 unspecified atom stereocenters. The van der Waals surface area contributed by atoms with Crippen molar-refractivity contribution < 1.29 is 33.1 Å². The predicted octanol–water partition coefficient (Wildman–Crippen LogP) is 2.96. The Bertz CT molecular complexity index is 949. The van der Waals surface area contributed by atoms with Gasteiger partial charge in [-0.25, -0.2) is 9.18 Å². The summed E-state index contributed by atoms with van der Waals surface area (Å²) in [6, 6.07) is 7.94. The Balaban J connectivity index is 1.98. The Hall–Kier alpha value is -3.69. The predicted molar refractivity (Wildman–Crippen MR) is 104 cm³/mol. The van der Waals surface area contributed by atoms with Crippen LogP contribution in [0.1, 0.15) is 22.8 Å². The summed E-state index contributed by atoms with van der Waals surface area (Å²) in [7, 11) is 2.82. The van der Waals surface area contributed by atoms with E-state index in [1.54, 1.807) is 13.0 Å². The zero-order valence-electron chi connectivity index (χ0n) is 16.7. The molecule has 2 rings (SSSR count). The molecular weight excluding hydrogens is 399 g/mol. The maximum absolute atomic E-state index is 13.8. The fourth-order valence-electron chi connectivity index (χ4n) is 2.56. The lowest BCUT2D eigenvalue weighted by Crippen LogP contribution is -2.30. The number of hydrogen-bond donors (Lipinski definition) is 0. The number of hydrogen-bond acceptors (Lipinski definition) is 7. The number of nitro groups is 1. The van der Waals surface area contributed by atoms with Crippen molar-refractivity contribution in [2.75, 3.05) is 27.4 Å². The van der Waals surface area contributed by atoms with Crippen LogP contribution in [0.5, 0.6) is 11.5 Å². The van der Waals surface area contributed by atoms with E-state index in [9.17, 15) is 24.1 Å². The van der Waals surface area contributed by atoms with Crippen LogP contribution in [0.4, 0.5) is 10.1 Å². The molecule has 0 spiro atoms. The molecule has 0 heterocycles. The Morgan fingerprint density at radius 2 is 1.87 bits per heavy atom. The number of ether oxygens (including phenoxy) is 3. The molecule has 0 aliphatic rings. The first kappa shape index (κ1) is 22.6. The van der Waals surface area contributed by atoms with Gasteiger partial charge in [-0.2, -0.15) is 0 Å². The van der Waals surface area contributed by atoms with Crippen LogP contribution in [0.2, 0.25) is 0 Å². The summed E-state index contributed by atoms with van der Waals surface area (Å²) in [5.41, 5.74) is 0.0618. The molecule has 0 aliphatic carbocycles. The quantitative estimate of drug-likeness (QED) is 0.349. The highest BCUT2D eigenvalue weighted by Gasteiger charge is 2.20. The molecule has 2 aromatic carbocycles. The summed E-state index contributed by atoms with van der Waals surface area (Å²) in [6.07, 6.45) is 0. The summed E-state index contributed by atoms with van der Waals surface area (Å²) >= 11 is 0. The van der Waals surface area contributed by atoms with Crippen LogP contribution >= 0.6 is 0 Å². The van der Waals surface area contributed by atoms with Gasteiger partial charge >= 0.3 is 11.7 Å². The number of nitrogens with zero attached hydrogens (tertiary/aromatic N) is 2. The van der Waals surface area contributed by atoms with E-state index in [1.165, 1.54) is 43.3 Å². The summed E-state index contributed by atoms with van der Waals surface area (Å²) in [5.74, 6) is -1.86. The standard InChI is InChI=1S/C20H21FN2O7/c1-4-29-18-8-6-14(10-16(18)23(26)27)20(25)30-12-19(24)22(2)11-13-5-7-17(28-3)15(21)9-13/h5-10H,4,11-12H2,1-3H3. The van der Waals surface area contributed by atoms with Crippen molar-refractivity contribution in [1.82, 2.24) is 4.90 Å². The van der Waals surface area contributed by atoms with E-state index >= 15 is 0 Å². The summed E-state index contributed by atoms with van der Waals surface area (Å²) in [4.78, 5) is 36.1. The van der Waals surface area contributed by atoms with Gasteiger partial charge in [-0.3, -0.25) is 14.9 Å². The number of esters is 1. The topological polar surface area (TPSA) is 108 Å². The third-order valence-corrected chi connectivity index (χ3v) is 4.08. The highest BCUT2D eigenvalue weighted by molar-refractivity contribution is 5.92. The number of likely N-dealkylation sites (N-methyl/N-ethyl adjacent to an activating group) is 1. The summed E-state index contributed by atoms with van der Waals surface area (Å²) < 4.78 is 28.7. The van der Waals surface area contributed by atoms with Crippen LogP contribution in [0.3, 0.4) is 0 Å². The molecule has 160 valence electrons. The molecule has 0 aromatic heterocycles. The molecule has 0 saturated heterocycles. The Kier molecular flexibility index (Phi) is 7.68. The molecule has 2 aromatic rings. The highest BCUT2D eigenvalue weighted by atomic mass is 19.1. The number of methoxy groups -OCH3 is 1. The van der Waals surface area contributed by atoms with Gasteiger partial charge in [0.1, 0.15) is 0 Å². The van der Waals surface area contributed by atoms with Gasteiger partial charge in [0.2, 0.25) is 0 Å². The van der Waals surface area contributed by atoms with Crippen molar-refractivity contribution in [1.29, 1.82) is 0 Å². The van der Waals surface area contributed by atoms with Crippen LogP contribution in [-0.2, 0) is 16.1 Å². The van der Waals surface area contributed by atoms with Gasteiger partial charge < -0.3 is 19.1 Å². The molecule has 0 saturated carbocycles. The van der Waals surface area contributed by atoms with Crippen molar-refractivity contribution in [3.63, 3.8) is 0 Å². The van der Waals surface area contributed by atoms with Crippen LogP contribution in [-0.4, -0.2) is 49.1 Å². The number of amides is 1. The number of halogens is 1. The van der Waals surface area contributed by atoms with Gasteiger partial charge in [-0.1, -0.05) is 6.07 Å². The molecule has 0 atom stereocenters. The maximum atomic E-state index is 13.8. The van der Waals surface area contributed by atoms with Crippen LogP contribution < -0.4 is 9.47 Å². The van der Waals surface area contributed by atoms with Crippen molar-refractivity contribution in [2.24, 2.45) is 0 Å². The molecule has 0 radical (unpaired) electrons. The van der Waals surface area contributed by atoms with Gasteiger partial charge in [-0.15, -0.1) is 0 Å². The smallest absolute Gasteiger partial charge is 0.338 e. The average molecular weight is 420 g/mol. The van der Waals surface area contributed by atoms with Gasteiger partial charge in [0.05, 0.1) is 24.2 Å². The van der Waals surface area contributed by atoms with Gasteiger partial charge in [0.15, 0.2) is 23.9 Å². The molecule has 30 heavy (non-hydrogen) atoms. The second-order valence-electron chi connectivity index (χ2n) is 6.17. The number of carbonyl (C=O) groups excluding carboxylic acids is 2. The van der Waals surface area contributed by atoms with Crippen molar-refractivity contribution >= 4 is 17.6 Å². The molecular formula is C20H21FN2O7. The van der Waals surface area contributed by atoms with E-state index in [2.05, 4.69) is 0 Å². The zero-order chi connectivity index (χ0) is 22.3. The normalized spacial score (nSPS) is 10.3. The minimum Gasteiger partial charge on any atom is -0.494 e. The molecule has 0 aliphatic heterocycles. The molecule has 0 N–H and O–H groups in total. The van der Waals surface area contributed by atoms with E-state index in [0.29, 0.717) is 5.56 Å². The van der Waals surface area contributed by atoms with E-state index in [4.69, 9.17) is 14.2 Å². The molecule has 9 nitrogen and oxygen atoms in total. The van der Waals surface area contributed by atoms with Gasteiger partial charge in [0, 0.05) is 19.7 Å². The lowest BCUT2D eigenvalue weighted by atomic mass is 10.2. The first-order valence-electron chi connectivity index (χ1n) is 8.91. The average Bonchev–Trinajstić information content (AvgIpc) is 2.72. The van der Waals surface area contributed by atoms with Crippen molar-refractivity contribution in [3.8, 4) is 11.5 Å². The molecule has 1 amide bonds. The lowest BCUT2D eigenvalue weighted by molar-refractivity contribution is -0.385. The van der Waals surface area contributed by atoms with E-state index in [1.807, 2.05) is 0 Å². The first-order chi connectivity index (χ1) is 14.3. The second-order valence-corrected chi connectivity index (χ2v) is 6.17. The third kappa shape index (κ3) is 5.66. The van der Waals surface area contributed by atoms with Crippen LogP contribution in [0, 0.1) is 15.9 Å². The number of nitro benzene ring substituents is 1. The summed E-state index contributed by atoms with van der Waals surface area (Å²) in [5, 5.41) is 11.1. The van der Waals surface area contributed by atoms with E-state index in [-0.39, 0.29) is 35.9 Å². The number of carbonyl (C=O) groups is 2. The minimum atomic E-state index is -0.890. The Labute approximate surface area is 172 Å². The van der Waals surface area contributed by atoms with Crippen molar-refractivity contribution in [3.05, 3.63) is 63.5 Å².